The number of nitrogens with one attached hydrogen (secondary N) is 1. The summed E-state index contributed by atoms with van der Waals surface area (Å²) in [7, 11) is 0. The van der Waals surface area contributed by atoms with Gasteiger partial charge in [-0.3, -0.25) is 0 Å². The molecule has 0 aromatic rings. The first kappa shape index (κ1) is 14.9. The highest BCUT2D eigenvalue weighted by atomic mass is 79.9. The van der Waals surface area contributed by atoms with Crippen LogP contribution in [0.2, 0.25) is 0 Å². The highest BCUT2D eigenvalue weighted by Gasteiger charge is 2.16. The van der Waals surface area contributed by atoms with E-state index < -0.39 is 6.09 Å². The zero-order chi connectivity index (χ0) is 11.8. The molecule has 0 saturated heterocycles. The van der Waals surface area contributed by atoms with Gasteiger partial charge in [-0.2, -0.15) is 5.10 Å². The molecular formula is C9H16Br2N2O2. The molecule has 1 N–H and O–H groups in total. The van der Waals surface area contributed by atoms with Gasteiger partial charge >= 0.3 is 6.09 Å². The minimum atomic E-state index is -0.523. The summed E-state index contributed by atoms with van der Waals surface area (Å²) in [6.07, 6.45) is 0.239. The highest BCUT2D eigenvalue weighted by Crippen LogP contribution is 2.16. The molecule has 0 fully saturated rings. The summed E-state index contributed by atoms with van der Waals surface area (Å²) >= 11 is 6.94. The van der Waals surface area contributed by atoms with Crippen molar-refractivity contribution in [3.8, 4) is 0 Å². The number of rotatable bonds is 5. The van der Waals surface area contributed by atoms with Gasteiger partial charge in [-0.1, -0.05) is 45.7 Å². The van der Waals surface area contributed by atoms with Crippen molar-refractivity contribution < 1.29 is 9.53 Å². The number of carbonyl (C=O) groups excluding carboxylic acids is 1. The van der Waals surface area contributed by atoms with Crippen LogP contribution in [-0.2, 0) is 4.74 Å². The van der Waals surface area contributed by atoms with Crippen LogP contribution in [-0.4, -0.2) is 28.1 Å². The number of hydrazone groups is 1. The minimum Gasteiger partial charge on any atom is -0.449 e. The second kappa shape index (κ2) is 8.10. The SMILES string of the molecule is CCOC(=O)N/N=C(\CC)C(Br)C(C)Br. The van der Waals surface area contributed by atoms with E-state index in [1.54, 1.807) is 6.92 Å². The van der Waals surface area contributed by atoms with E-state index in [-0.39, 0.29) is 9.65 Å². The Hall–Kier alpha value is -0.100. The highest BCUT2D eigenvalue weighted by molar-refractivity contribution is 9.12. The van der Waals surface area contributed by atoms with E-state index in [0.717, 1.165) is 12.1 Å². The second-order valence-electron chi connectivity index (χ2n) is 2.87. The Morgan fingerprint density at radius 3 is 2.47 bits per heavy atom. The Balaban J connectivity index is 4.27. The molecule has 0 saturated carbocycles. The van der Waals surface area contributed by atoms with Gasteiger partial charge in [0.2, 0.25) is 0 Å². The van der Waals surface area contributed by atoms with Gasteiger partial charge in [0.25, 0.3) is 0 Å². The number of alkyl halides is 2. The third-order valence-electron chi connectivity index (χ3n) is 1.65. The first-order valence-corrected chi connectivity index (χ1v) is 6.63. The first-order chi connectivity index (χ1) is 7.02. The van der Waals surface area contributed by atoms with E-state index in [0.29, 0.717) is 6.61 Å². The van der Waals surface area contributed by atoms with Crippen LogP contribution in [0.25, 0.3) is 0 Å². The van der Waals surface area contributed by atoms with Gasteiger partial charge in [-0.05, 0) is 13.3 Å². The molecule has 0 bridgehead atoms. The molecule has 0 spiro atoms. The lowest BCUT2D eigenvalue weighted by Crippen LogP contribution is -2.27. The van der Waals surface area contributed by atoms with Crippen LogP contribution < -0.4 is 5.43 Å². The molecule has 0 aromatic carbocycles. The summed E-state index contributed by atoms with van der Waals surface area (Å²) < 4.78 is 4.69. The first-order valence-electron chi connectivity index (χ1n) is 4.80. The zero-order valence-corrected chi connectivity index (χ0v) is 12.3. The molecule has 0 rings (SSSR count). The number of nitrogens with zero attached hydrogens (tertiary/aromatic N) is 1. The molecule has 0 heterocycles. The molecule has 2 unspecified atom stereocenters. The van der Waals surface area contributed by atoms with Gasteiger partial charge in [0, 0.05) is 4.83 Å². The lowest BCUT2D eigenvalue weighted by molar-refractivity contribution is 0.152. The van der Waals surface area contributed by atoms with Crippen molar-refractivity contribution in [2.45, 2.75) is 36.8 Å². The Bertz CT molecular complexity index is 232. The number of halogens is 2. The predicted octanol–water partition coefficient (Wildman–Crippen LogP) is 3.05. The Morgan fingerprint density at radius 2 is 2.07 bits per heavy atom. The van der Waals surface area contributed by atoms with E-state index in [4.69, 9.17) is 4.74 Å². The van der Waals surface area contributed by atoms with Crippen molar-refractivity contribution in [2.75, 3.05) is 6.61 Å². The summed E-state index contributed by atoms with van der Waals surface area (Å²) in [5, 5.41) is 4.00. The fourth-order valence-corrected chi connectivity index (χ4v) is 1.61. The number of ether oxygens (including phenoxy) is 1. The van der Waals surface area contributed by atoms with Gasteiger partial charge in [-0.25, -0.2) is 10.2 Å². The topological polar surface area (TPSA) is 50.7 Å². The van der Waals surface area contributed by atoms with E-state index in [2.05, 4.69) is 42.4 Å². The molecule has 0 aromatic heterocycles. The zero-order valence-electron chi connectivity index (χ0n) is 9.09. The summed E-state index contributed by atoms with van der Waals surface area (Å²) in [5.41, 5.74) is 3.21. The Morgan fingerprint density at radius 1 is 1.47 bits per heavy atom. The summed E-state index contributed by atoms with van der Waals surface area (Å²) in [6, 6.07) is 0. The monoisotopic (exact) mass is 342 g/mol. The van der Waals surface area contributed by atoms with E-state index >= 15 is 0 Å². The fraction of sp³-hybridized carbons (Fsp3) is 0.778. The van der Waals surface area contributed by atoms with Crippen molar-refractivity contribution in [1.82, 2.24) is 5.43 Å². The average molecular weight is 344 g/mol. The smallest absolute Gasteiger partial charge is 0.427 e. The maximum Gasteiger partial charge on any atom is 0.427 e. The van der Waals surface area contributed by atoms with Gasteiger partial charge in [-0.15, -0.1) is 0 Å². The molecule has 0 aliphatic rings. The largest absolute Gasteiger partial charge is 0.449 e. The minimum absolute atomic E-state index is 0.101. The van der Waals surface area contributed by atoms with Crippen molar-refractivity contribution in [3.63, 3.8) is 0 Å². The quantitative estimate of drug-likeness (QED) is 0.474. The van der Waals surface area contributed by atoms with Crippen LogP contribution in [0.1, 0.15) is 27.2 Å². The molecule has 15 heavy (non-hydrogen) atoms. The molecule has 2 atom stereocenters. The van der Waals surface area contributed by atoms with E-state index in [1.807, 2.05) is 13.8 Å². The van der Waals surface area contributed by atoms with Crippen molar-refractivity contribution >= 4 is 43.7 Å². The number of carbonyl (C=O) groups is 1. The van der Waals surface area contributed by atoms with Gasteiger partial charge in [0.05, 0.1) is 17.1 Å². The van der Waals surface area contributed by atoms with Crippen LogP contribution >= 0.6 is 31.9 Å². The van der Waals surface area contributed by atoms with Crippen LogP contribution in [0.3, 0.4) is 0 Å². The molecule has 1 amide bonds. The normalized spacial score (nSPS) is 15.7. The van der Waals surface area contributed by atoms with Crippen molar-refractivity contribution in [2.24, 2.45) is 5.10 Å². The number of hydrogen-bond acceptors (Lipinski definition) is 3. The lowest BCUT2D eigenvalue weighted by Gasteiger charge is -2.13. The summed E-state index contributed by atoms with van der Waals surface area (Å²) in [4.78, 5) is 11.3. The third kappa shape index (κ3) is 6.14. The lowest BCUT2D eigenvalue weighted by atomic mass is 10.2. The predicted molar refractivity (Wildman–Crippen MR) is 69.0 cm³/mol. The molecule has 0 radical (unpaired) electrons. The van der Waals surface area contributed by atoms with E-state index in [1.165, 1.54) is 0 Å². The molecule has 6 heteroatoms. The van der Waals surface area contributed by atoms with Crippen molar-refractivity contribution in [1.29, 1.82) is 0 Å². The van der Waals surface area contributed by atoms with Gasteiger partial charge < -0.3 is 4.74 Å². The van der Waals surface area contributed by atoms with Crippen LogP contribution in [0.4, 0.5) is 4.79 Å². The van der Waals surface area contributed by atoms with Crippen LogP contribution in [0, 0.1) is 0 Å². The maximum atomic E-state index is 11.0. The van der Waals surface area contributed by atoms with Crippen molar-refractivity contribution in [3.05, 3.63) is 0 Å². The average Bonchev–Trinajstić information content (AvgIpc) is 2.18. The fourth-order valence-electron chi connectivity index (χ4n) is 0.882. The Labute approximate surface area is 107 Å². The van der Waals surface area contributed by atoms with Crippen LogP contribution in [0.5, 0.6) is 0 Å². The number of amides is 1. The van der Waals surface area contributed by atoms with Gasteiger partial charge in [0.15, 0.2) is 0 Å². The maximum absolute atomic E-state index is 11.0. The molecule has 0 aliphatic carbocycles. The van der Waals surface area contributed by atoms with E-state index in [9.17, 15) is 4.79 Å². The number of hydrogen-bond donors (Lipinski definition) is 1. The van der Waals surface area contributed by atoms with Crippen LogP contribution in [0.15, 0.2) is 5.10 Å². The molecular weight excluding hydrogens is 328 g/mol. The summed E-state index contributed by atoms with van der Waals surface area (Å²) in [6.45, 7) is 6.08. The Kier molecular flexibility index (Phi) is 8.04. The molecule has 4 nitrogen and oxygen atoms in total. The second-order valence-corrected chi connectivity index (χ2v) is 5.30. The third-order valence-corrected chi connectivity index (χ3v) is 4.21. The summed E-state index contributed by atoms with van der Waals surface area (Å²) in [5.74, 6) is 0. The van der Waals surface area contributed by atoms with Gasteiger partial charge in [0.1, 0.15) is 0 Å². The molecule has 0 aliphatic heterocycles. The molecule has 88 valence electrons. The standard InChI is InChI=1S/C9H16Br2N2O2/c1-4-7(8(11)6(3)10)12-13-9(14)15-5-2/h6,8H,4-5H2,1-3H3,(H,13,14)/b12-7+.